The molecule has 0 saturated heterocycles. The second-order valence-corrected chi connectivity index (χ2v) is 6.97. The highest BCUT2D eigenvalue weighted by Crippen LogP contribution is 2.31. The van der Waals surface area contributed by atoms with E-state index in [1.54, 1.807) is 11.3 Å². The van der Waals surface area contributed by atoms with E-state index in [0.29, 0.717) is 12.6 Å². The van der Waals surface area contributed by atoms with E-state index < -0.39 is 0 Å². The van der Waals surface area contributed by atoms with E-state index in [1.807, 2.05) is 11.0 Å². The number of rotatable bonds is 5. The molecule has 1 fully saturated rings. The van der Waals surface area contributed by atoms with Crippen LogP contribution in [0.15, 0.2) is 41.1 Å². The van der Waals surface area contributed by atoms with Crippen molar-refractivity contribution in [2.75, 3.05) is 18.0 Å². The van der Waals surface area contributed by atoms with Gasteiger partial charge in [-0.1, -0.05) is 18.2 Å². The number of thiophene rings is 1. The van der Waals surface area contributed by atoms with Gasteiger partial charge in [0.1, 0.15) is 0 Å². The number of hydrogen-bond donors (Lipinski definition) is 0. The fourth-order valence-corrected chi connectivity index (χ4v) is 3.89. The quantitative estimate of drug-likeness (QED) is 0.846. The lowest BCUT2D eigenvalue weighted by atomic mass is 10.2. The van der Waals surface area contributed by atoms with Crippen molar-refractivity contribution in [1.29, 1.82) is 0 Å². The summed E-state index contributed by atoms with van der Waals surface area (Å²) >= 11 is 1.73. The molecule has 1 aromatic heterocycles. The molecule has 2 aliphatic rings. The maximum absolute atomic E-state index is 12.8. The third kappa shape index (κ3) is 2.81. The molecule has 2 heterocycles. The molecule has 0 N–H and O–H groups in total. The number of para-hydroxylation sites is 1. The van der Waals surface area contributed by atoms with Gasteiger partial charge in [0.05, 0.1) is 6.54 Å². The Morgan fingerprint density at radius 3 is 2.91 bits per heavy atom. The van der Waals surface area contributed by atoms with Gasteiger partial charge < -0.3 is 4.90 Å². The Bertz CT molecular complexity index is 663. The number of carbonyl (C=O) groups excluding carboxylic acids is 1. The maximum atomic E-state index is 12.8. The molecule has 0 atom stereocenters. The normalized spacial score (nSPS) is 17.0. The van der Waals surface area contributed by atoms with Gasteiger partial charge >= 0.3 is 0 Å². The van der Waals surface area contributed by atoms with Crippen LogP contribution in [-0.2, 0) is 17.8 Å². The standard InChI is InChI=1S/C18H20N2OS/c21-18(20-9-7-15-3-1-2-4-17(15)20)12-19(16-5-6-16)11-14-8-10-22-13-14/h1-4,8,10,13,16H,5-7,9,11-12H2. The van der Waals surface area contributed by atoms with Crippen molar-refractivity contribution in [3.8, 4) is 0 Å². The van der Waals surface area contributed by atoms with Gasteiger partial charge in [0.2, 0.25) is 5.91 Å². The van der Waals surface area contributed by atoms with Gasteiger partial charge in [0.15, 0.2) is 0 Å². The first-order chi connectivity index (χ1) is 10.8. The molecule has 0 spiro atoms. The Hall–Kier alpha value is -1.65. The van der Waals surface area contributed by atoms with Crippen molar-refractivity contribution in [3.05, 3.63) is 52.2 Å². The van der Waals surface area contributed by atoms with Crippen LogP contribution in [0.1, 0.15) is 24.0 Å². The number of benzene rings is 1. The van der Waals surface area contributed by atoms with Gasteiger partial charge in [0.25, 0.3) is 0 Å². The van der Waals surface area contributed by atoms with Crippen LogP contribution < -0.4 is 4.90 Å². The van der Waals surface area contributed by atoms with Crippen molar-refractivity contribution < 1.29 is 4.79 Å². The lowest BCUT2D eigenvalue weighted by molar-refractivity contribution is -0.119. The molecule has 2 aromatic rings. The summed E-state index contributed by atoms with van der Waals surface area (Å²) in [6.07, 6.45) is 3.44. The van der Waals surface area contributed by atoms with E-state index in [9.17, 15) is 4.79 Å². The highest BCUT2D eigenvalue weighted by atomic mass is 32.1. The van der Waals surface area contributed by atoms with Crippen LogP contribution in [0, 0.1) is 0 Å². The van der Waals surface area contributed by atoms with Crippen molar-refractivity contribution in [3.63, 3.8) is 0 Å². The Morgan fingerprint density at radius 1 is 1.27 bits per heavy atom. The number of anilines is 1. The molecule has 1 aliphatic carbocycles. The van der Waals surface area contributed by atoms with Crippen molar-refractivity contribution in [1.82, 2.24) is 4.90 Å². The zero-order valence-electron chi connectivity index (χ0n) is 12.6. The minimum Gasteiger partial charge on any atom is -0.311 e. The molecular weight excluding hydrogens is 292 g/mol. The Kier molecular flexibility index (Phi) is 3.72. The molecule has 3 nitrogen and oxygen atoms in total. The summed E-state index contributed by atoms with van der Waals surface area (Å²) < 4.78 is 0. The second kappa shape index (κ2) is 5.86. The molecule has 4 rings (SSSR count). The summed E-state index contributed by atoms with van der Waals surface area (Å²) in [5, 5.41) is 4.30. The van der Waals surface area contributed by atoms with Crippen molar-refractivity contribution >= 4 is 22.9 Å². The molecule has 0 unspecified atom stereocenters. The molecule has 1 aliphatic heterocycles. The predicted octanol–water partition coefficient (Wildman–Crippen LogP) is 3.30. The third-order valence-corrected chi connectivity index (χ3v) is 5.29. The van der Waals surface area contributed by atoms with Gasteiger partial charge in [-0.15, -0.1) is 0 Å². The first-order valence-corrected chi connectivity index (χ1v) is 8.89. The first kappa shape index (κ1) is 14.0. The molecule has 1 aromatic carbocycles. The van der Waals surface area contributed by atoms with Gasteiger partial charge in [-0.3, -0.25) is 9.69 Å². The summed E-state index contributed by atoms with van der Waals surface area (Å²) in [4.78, 5) is 17.1. The van der Waals surface area contributed by atoms with Gasteiger partial charge in [-0.2, -0.15) is 11.3 Å². The number of nitrogens with zero attached hydrogens (tertiary/aromatic N) is 2. The summed E-state index contributed by atoms with van der Waals surface area (Å²) in [5.74, 6) is 0.243. The average Bonchev–Trinajstić information content (AvgIpc) is 3.08. The van der Waals surface area contributed by atoms with E-state index >= 15 is 0 Å². The molecule has 114 valence electrons. The molecule has 0 radical (unpaired) electrons. The van der Waals surface area contributed by atoms with Gasteiger partial charge in [-0.05, 0) is 53.3 Å². The average molecular weight is 312 g/mol. The SMILES string of the molecule is O=C(CN(Cc1ccsc1)C1CC1)N1CCc2ccccc21. The number of hydrogen-bond acceptors (Lipinski definition) is 3. The summed E-state index contributed by atoms with van der Waals surface area (Å²) in [6, 6.07) is 11.0. The van der Waals surface area contributed by atoms with Crippen LogP contribution in [0.5, 0.6) is 0 Å². The predicted molar refractivity (Wildman–Crippen MR) is 90.3 cm³/mol. The first-order valence-electron chi connectivity index (χ1n) is 7.94. The summed E-state index contributed by atoms with van der Waals surface area (Å²) in [7, 11) is 0. The largest absolute Gasteiger partial charge is 0.311 e. The topological polar surface area (TPSA) is 23.6 Å². The highest BCUT2D eigenvalue weighted by molar-refractivity contribution is 7.07. The van der Waals surface area contributed by atoms with E-state index in [4.69, 9.17) is 0 Å². The van der Waals surface area contributed by atoms with Gasteiger partial charge in [0, 0.05) is 24.8 Å². The molecular formula is C18H20N2OS. The van der Waals surface area contributed by atoms with Gasteiger partial charge in [-0.25, -0.2) is 0 Å². The van der Waals surface area contributed by atoms with Crippen LogP contribution in [0.2, 0.25) is 0 Å². The number of fused-ring (bicyclic) bond motifs is 1. The van der Waals surface area contributed by atoms with E-state index in [1.165, 1.54) is 24.0 Å². The smallest absolute Gasteiger partial charge is 0.241 e. The molecule has 4 heteroatoms. The lowest BCUT2D eigenvalue weighted by Gasteiger charge is -2.25. The fraction of sp³-hybridized carbons (Fsp3) is 0.389. The van der Waals surface area contributed by atoms with Crippen LogP contribution in [-0.4, -0.2) is 29.9 Å². The molecule has 0 bridgehead atoms. The fourth-order valence-electron chi connectivity index (χ4n) is 3.23. The van der Waals surface area contributed by atoms with Crippen LogP contribution in [0.3, 0.4) is 0 Å². The Labute approximate surface area is 135 Å². The second-order valence-electron chi connectivity index (χ2n) is 6.19. The van der Waals surface area contributed by atoms with E-state index in [2.05, 4.69) is 39.9 Å². The summed E-state index contributed by atoms with van der Waals surface area (Å²) in [6.45, 7) is 2.26. The molecule has 22 heavy (non-hydrogen) atoms. The van der Waals surface area contributed by atoms with Crippen LogP contribution in [0.4, 0.5) is 5.69 Å². The molecule has 1 amide bonds. The number of amides is 1. The van der Waals surface area contributed by atoms with Crippen molar-refractivity contribution in [2.45, 2.75) is 31.8 Å². The van der Waals surface area contributed by atoms with Crippen LogP contribution in [0.25, 0.3) is 0 Å². The zero-order chi connectivity index (χ0) is 14.9. The van der Waals surface area contributed by atoms with Crippen LogP contribution >= 0.6 is 11.3 Å². The zero-order valence-corrected chi connectivity index (χ0v) is 13.4. The van der Waals surface area contributed by atoms with Crippen molar-refractivity contribution in [2.24, 2.45) is 0 Å². The van der Waals surface area contributed by atoms with E-state index in [0.717, 1.165) is 25.2 Å². The molecule has 1 saturated carbocycles. The third-order valence-electron chi connectivity index (χ3n) is 4.56. The van der Waals surface area contributed by atoms with E-state index in [-0.39, 0.29) is 5.91 Å². The Morgan fingerprint density at radius 2 is 2.14 bits per heavy atom. The minimum absolute atomic E-state index is 0.243. The summed E-state index contributed by atoms with van der Waals surface area (Å²) in [5.41, 5.74) is 3.73. The maximum Gasteiger partial charge on any atom is 0.241 e. The monoisotopic (exact) mass is 312 g/mol. The Balaban J connectivity index is 1.46. The highest BCUT2D eigenvalue weighted by Gasteiger charge is 2.33. The lowest BCUT2D eigenvalue weighted by Crippen LogP contribution is -2.40. The minimum atomic E-state index is 0.243. The number of carbonyl (C=O) groups is 1.